The smallest absolute Gasteiger partial charge is 0.410 e. The predicted octanol–water partition coefficient (Wildman–Crippen LogP) is 1.73. The van der Waals surface area contributed by atoms with Crippen molar-refractivity contribution >= 4 is 12.1 Å². The molecule has 1 amide bonds. The number of aromatic amines is 1. The van der Waals surface area contributed by atoms with Crippen LogP contribution in [0.25, 0.3) is 0 Å². The Kier molecular flexibility index (Phi) is 4.27. The molecule has 0 saturated carbocycles. The van der Waals surface area contributed by atoms with E-state index in [1.54, 1.807) is 4.90 Å². The van der Waals surface area contributed by atoms with Crippen molar-refractivity contribution < 1.29 is 19.4 Å². The molecule has 0 radical (unpaired) electrons. The van der Waals surface area contributed by atoms with Crippen molar-refractivity contribution in [2.24, 2.45) is 0 Å². The number of aromatic nitrogens is 2. The number of H-pyrrole nitrogens is 1. The summed E-state index contributed by atoms with van der Waals surface area (Å²) in [6, 6.07) is 9.49. The van der Waals surface area contributed by atoms with Crippen LogP contribution in [0.3, 0.4) is 0 Å². The lowest BCUT2D eigenvalue weighted by molar-refractivity contribution is -0.136. The average Bonchev–Trinajstić information content (AvgIpc) is 2.94. The zero-order chi connectivity index (χ0) is 16.2. The number of benzene rings is 1. The minimum absolute atomic E-state index is 0.147. The highest BCUT2D eigenvalue weighted by Gasteiger charge is 2.25. The lowest BCUT2D eigenvalue weighted by Gasteiger charge is -2.25. The van der Waals surface area contributed by atoms with E-state index in [1.807, 2.05) is 30.3 Å². The second kappa shape index (κ2) is 6.51. The number of carboxylic acids is 1. The highest BCUT2D eigenvalue weighted by molar-refractivity contribution is 5.69. The van der Waals surface area contributed by atoms with Gasteiger partial charge in [-0.3, -0.25) is 4.79 Å². The van der Waals surface area contributed by atoms with Gasteiger partial charge in [-0.1, -0.05) is 30.3 Å². The Labute approximate surface area is 132 Å². The minimum atomic E-state index is -0.935. The number of nitrogens with one attached hydrogen (secondary N) is 1. The summed E-state index contributed by atoms with van der Waals surface area (Å²) in [6.45, 7) is 1.10. The standard InChI is InChI=1S/C16H17N3O4/c20-15(21)8-14-17-12-6-7-19(9-13(12)18-14)16(22)23-10-11-4-2-1-3-5-11/h1-5H,6-10H2,(H,17,18)(H,20,21). The van der Waals surface area contributed by atoms with Gasteiger partial charge in [0.05, 0.1) is 17.9 Å². The number of ether oxygens (including phenoxy) is 1. The van der Waals surface area contributed by atoms with Crippen LogP contribution in [0.15, 0.2) is 30.3 Å². The molecular weight excluding hydrogens is 298 g/mol. The number of nitrogens with zero attached hydrogens (tertiary/aromatic N) is 2. The Morgan fingerprint density at radius 1 is 1.30 bits per heavy atom. The summed E-state index contributed by atoms with van der Waals surface area (Å²) in [4.78, 5) is 31.7. The van der Waals surface area contributed by atoms with Crippen LogP contribution in [0.2, 0.25) is 0 Å². The molecule has 0 fully saturated rings. The highest BCUT2D eigenvalue weighted by Crippen LogP contribution is 2.18. The zero-order valence-corrected chi connectivity index (χ0v) is 12.5. The molecule has 0 atom stereocenters. The molecule has 0 spiro atoms. The number of carbonyl (C=O) groups is 2. The van der Waals surface area contributed by atoms with Crippen LogP contribution in [0, 0.1) is 0 Å². The van der Waals surface area contributed by atoms with E-state index < -0.39 is 5.97 Å². The van der Waals surface area contributed by atoms with Crippen LogP contribution < -0.4 is 0 Å². The molecule has 0 bridgehead atoms. The van der Waals surface area contributed by atoms with Gasteiger partial charge >= 0.3 is 12.1 Å². The highest BCUT2D eigenvalue weighted by atomic mass is 16.6. The molecule has 120 valence electrons. The van der Waals surface area contributed by atoms with Gasteiger partial charge in [0, 0.05) is 13.0 Å². The first-order valence-electron chi connectivity index (χ1n) is 7.36. The minimum Gasteiger partial charge on any atom is -0.481 e. The van der Waals surface area contributed by atoms with Gasteiger partial charge in [0.2, 0.25) is 0 Å². The lowest BCUT2D eigenvalue weighted by Crippen LogP contribution is -2.36. The van der Waals surface area contributed by atoms with Crippen molar-refractivity contribution in [2.75, 3.05) is 6.54 Å². The first kappa shape index (κ1) is 15.1. The zero-order valence-electron chi connectivity index (χ0n) is 12.5. The van der Waals surface area contributed by atoms with E-state index >= 15 is 0 Å². The number of fused-ring (bicyclic) bond motifs is 1. The Hall–Kier alpha value is -2.83. The second-order valence-electron chi connectivity index (χ2n) is 5.39. The van der Waals surface area contributed by atoms with Crippen LogP contribution in [-0.4, -0.2) is 38.6 Å². The Morgan fingerprint density at radius 2 is 2.09 bits per heavy atom. The first-order valence-corrected chi connectivity index (χ1v) is 7.36. The van der Waals surface area contributed by atoms with Crippen molar-refractivity contribution in [3.8, 4) is 0 Å². The molecule has 0 unspecified atom stereocenters. The molecule has 2 N–H and O–H groups in total. The van der Waals surface area contributed by atoms with Crippen LogP contribution in [0.4, 0.5) is 4.79 Å². The van der Waals surface area contributed by atoms with Crippen molar-refractivity contribution in [1.82, 2.24) is 14.9 Å². The normalized spacial score (nSPS) is 13.5. The molecule has 7 heteroatoms. The summed E-state index contributed by atoms with van der Waals surface area (Å²) in [6.07, 6.45) is 0.0611. The third-order valence-electron chi connectivity index (χ3n) is 3.66. The van der Waals surface area contributed by atoms with E-state index in [2.05, 4.69) is 9.97 Å². The van der Waals surface area contributed by atoms with E-state index in [9.17, 15) is 9.59 Å². The molecule has 2 aromatic rings. The maximum atomic E-state index is 12.1. The first-order chi connectivity index (χ1) is 11.1. The number of hydrogen-bond donors (Lipinski definition) is 2. The average molecular weight is 315 g/mol. The third kappa shape index (κ3) is 3.68. The van der Waals surface area contributed by atoms with Gasteiger partial charge in [0.25, 0.3) is 0 Å². The fourth-order valence-electron chi connectivity index (χ4n) is 2.55. The van der Waals surface area contributed by atoms with Gasteiger partial charge in [0.15, 0.2) is 0 Å². The predicted molar refractivity (Wildman–Crippen MR) is 80.7 cm³/mol. The monoisotopic (exact) mass is 315 g/mol. The lowest BCUT2D eigenvalue weighted by atomic mass is 10.1. The quantitative estimate of drug-likeness (QED) is 0.896. The van der Waals surface area contributed by atoms with Gasteiger partial charge in [-0.15, -0.1) is 0 Å². The third-order valence-corrected chi connectivity index (χ3v) is 3.66. The summed E-state index contributed by atoms with van der Waals surface area (Å²) in [5.41, 5.74) is 2.54. The molecule has 3 rings (SSSR count). The van der Waals surface area contributed by atoms with E-state index in [-0.39, 0.29) is 19.1 Å². The number of hydrogen-bond acceptors (Lipinski definition) is 4. The Morgan fingerprint density at radius 3 is 2.83 bits per heavy atom. The van der Waals surface area contributed by atoms with E-state index in [0.717, 1.165) is 17.0 Å². The van der Waals surface area contributed by atoms with Gasteiger partial charge in [-0.05, 0) is 5.56 Å². The van der Waals surface area contributed by atoms with Gasteiger partial charge < -0.3 is 19.7 Å². The number of rotatable bonds is 4. The van der Waals surface area contributed by atoms with Crippen LogP contribution in [0.1, 0.15) is 22.8 Å². The summed E-state index contributed by atoms with van der Waals surface area (Å²) in [5.74, 6) is -0.516. The molecule has 1 aliphatic rings. The number of aliphatic carboxylic acids is 1. The molecule has 1 aromatic heterocycles. The fraction of sp³-hybridized carbons (Fsp3) is 0.312. The summed E-state index contributed by atoms with van der Waals surface area (Å²) in [7, 11) is 0. The number of carboxylic acid groups (broad SMARTS) is 1. The number of imidazole rings is 1. The topological polar surface area (TPSA) is 95.5 Å². The molecule has 1 aliphatic heterocycles. The molecular formula is C16H17N3O4. The maximum Gasteiger partial charge on any atom is 0.410 e. The number of carbonyl (C=O) groups excluding carboxylic acids is 1. The fourth-order valence-corrected chi connectivity index (χ4v) is 2.55. The van der Waals surface area contributed by atoms with Gasteiger partial charge in [0.1, 0.15) is 18.9 Å². The Bertz CT molecular complexity index is 711. The van der Waals surface area contributed by atoms with Crippen molar-refractivity contribution in [1.29, 1.82) is 0 Å². The molecule has 7 nitrogen and oxygen atoms in total. The van der Waals surface area contributed by atoms with E-state index in [1.165, 1.54) is 0 Å². The van der Waals surface area contributed by atoms with Crippen LogP contribution >= 0.6 is 0 Å². The van der Waals surface area contributed by atoms with E-state index in [4.69, 9.17) is 9.84 Å². The van der Waals surface area contributed by atoms with Crippen LogP contribution in [-0.2, 0) is 35.5 Å². The van der Waals surface area contributed by atoms with Crippen molar-refractivity contribution in [3.05, 3.63) is 53.1 Å². The largest absolute Gasteiger partial charge is 0.481 e. The van der Waals surface area contributed by atoms with Gasteiger partial charge in [-0.2, -0.15) is 0 Å². The van der Waals surface area contributed by atoms with E-state index in [0.29, 0.717) is 25.3 Å². The van der Waals surface area contributed by atoms with Crippen LogP contribution in [0.5, 0.6) is 0 Å². The maximum absolute atomic E-state index is 12.1. The summed E-state index contributed by atoms with van der Waals surface area (Å²) < 4.78 is 5.31. The summed E-state index contributed by atoms with van der Waals surface area (Å²) >= 11 is 0. The molecule has 0 saturated heterocycles. The van der Waals surface area contributed by atoms with Crippen molar-refractivity contribution in [2.45, 2.75) is 26.0 Å². The molecule has 23 heavy (non-hydrogen) atoms. The number of amides is 1. The molecule has 2 heterocycles. The SMILES string of the molecule is O=C(O)Cc1nc2c([nH]1)CN(C(=O)OCc1ccccc1)CC2. The molecule has 1 aromatic carbocycles. The second-order valence-corrected chi connectivity index (χ2v) is 5.39. The van der Waals surface area contributed by atoms with Gasteiger partial charge in [-0.25, -0.2) is 9.78 Å². The molecule has 0 aliphatic carbocycles. The van der Waals surface area contributed by atoms with Crippen molar-refractivity contribution in [3.63, 3.8) is 0 Å². The Balaban J connectivity index is 1.59. The summed E-state index contributed by atoms with van der Waals surface area (Å²) in [5, 5.41) is 8.80.